The third kappa shape index (κ3) is 10.3. The van der Waals surface area contributed by atoms with Crippen molar-refractivity contribution in [1.82, 2.24) is 9.97 Å². The van der Waals surface area contributed by atoms with Gasteiger partial charge in [0.15, 0.2) is 0 Å². The second-order valence-corrected chi connectivity index (χ2v) is 15.8. The molecule has 2 aromatic carbocycles. The van der Waals surface area contributed by atoms with E-state index in [1.54, 1.807) is 36.9 Å². The molecule has 4 aliphatic carbocycles. The highest BCUT2D eigenvalue weighted by Gasteiger charge is 2.25. The van der Waals surface area contributed by atoms with Crippen LogP contribution in [-0.4, -0.2) is 45.3 Å². The molecule has 2 saturated carbocycles. The molecule has 0 bridgehead atoms. The highest BCUT2D eigenvalue weighted by Crippen LogP contribution is 2.39. The summed E-state index contributed by atoms with van der Waals surface area (Å²) in [5.41, 5.74) is 8.04. The van der Waals surface area contributed by atoms with Gasteiger partial charge in [-0.3, -0.25) is 9.97 Å². The number of aromatic nitrogens is 2. The number of carbonyl (C=O) groups is 2. The summed E-state index contributed by atoms with van der Waals surface area (Å²) in [5.74, 6) is 3.01. The summed E-state index contributed by atoms with van der Waals surface area (Å²) < 4.78 is 11.9. The first-order valence-electron chi connectivity index (χ1n) is 20.2. The molecule has 0 amide bonds. The molecule has 2 aromatic heterocycles. The van der Waals surface area contributed by atoms with Crippen LogP contribution in [0.15, 0.2) is 73.3 Å². The van der Waals surface area contributed by atoms with Crippen LogP contribution < -0.4 is 9.47 Å². The molecule has 2 heterocycles. The van der Waals surface area contributed by atoms with Gasteiger partial charge < -0.3 is 19.7 Å². The van der Waals surface area contributed by atoms with E-state index in [1.165, 1.54) is 73.6 Å². The highest BCUT2D eigenvalue weighted by molar-refractivity contribution is 5.89. The highest BCUT2D eigenvalue weighted by atomic mass is 16.5. The molecule has 0 spiro atoms. The average molecular weight is 731 g/mol. The van der Waals surface area contributed by atoms with Crippen LogP contribution in [0.3, 0.4) is 0 Å². The number of aromatic carboxylic acids is 2. The average Bonchev–Trinajstić information content (AvgIpc) is 4.14. The number of aryl methyl sites for hydroxylation is 4. The third-order valence-electron chi connectivity index (χ3n) is 11.9. The number of nitrogens with zero attached hydrogens (tertiary/aromatic N) is 2. The van der Waals surface area contributed by atoms with Crippen molar-refractivity contribution in [2.24, 2.45) is 11.8 Å². The topological polar surface area (TPSA) is 119 Å². The first-order valence-corrected chi connectivity index (χ1v) is 20.2. The van der Waals surface area contributed by atoms with Crippen molar-refractivity contribution >= 4 is 11.9 Å². The molecule has 284 valence electrons. The summed E-state index contributed by atoms with van der Waals surface area (Å²) in [7, 11) is 0. The molecule has 2 N–H and O–H groups in total. The van der Waals surface area contributed by atoms with Gasteiger partial charge in [-0.1, -0.05) is 37.8 Å². The lowest BCUT2D eigenvalue weighted by Crippen LogP contribution is -2.12. The van der Waals surface area contributed by atoms with Crippen molar-refractivity contribution in [3.63, 3.8) is 0 Å². The monoisotopic (exact) mass is 730 g/mol. The van der Waals surface area contributed by atoms with E-state index in [9.17, 15) is 19.8 Å². The van der Waals surface area contributed by atoms with Crippen LogP contribution in [0.5, 0.6) is 11.5 Å². The maximum Gasteiger partial charge on any atom is 0.336 e. The first kappa shape index (κ1) is 37.6. The predicted octanol–water partition coefficient (Wildman–Crippen LogP) is 10.0. The van der Waals surface area contributed by atoms with E-state index in [2.05, 4.69) is 46.4 Å². The molecular weight excluding hydrogens is 677 g/mol. The Morgan fingerprint density at radius 2 is 1.04 bits per heavy atom. The molecule has 4 aromatic rings. The predicted molar refractivity (Wildman–Crippen MR) is 209 cm³/mol. The summed E-state index contributed by atoms with van der Waals surface area (Å²) in [4.78, 5) is 31.0. The van der Waals surface area contributed by atoms with Gasteiger partial charge >= 0.3 is 11.9 Å². The summed E-state index contributed by atoms with van der Waals surface area (Å²) >= 11 is 0. The lowest BCUT2D eigenvalue weighted by molar-refractivity contribution is 0.0684. The molecule has 8 nitrogen and oxygen atoms in total. The van der Waals surface area contributed by atoms with Crippen molar-refractivity contribution < 1.29 is 29.3 Å². The molecule has 0 aliphatic heterocycles. The minimum absolute atomic E-state index is 0.375. The number of pyridine rings is 2. The second-order valence-electron chi connectivity index (χ2n) is 15.8. The maximum atomic E-state index is 11.4. The largest absolute Gasteiger partial charge is 0.494 e. The minimum Gasteiger partial charge on any atom is -0.494 e. The summed E-state index contributed by atoms with van der Waals surface area (Å²) in [6, 6.07) is 16.3. The smallest absolute Gasteiger partial charge is 0.336 e. The number of hydrogen-bond donors (Lipinski definition) is 2. The van der Waals surface area contributed by atoms with E-state index in [0.29, 0.717) is 23.0 Å². The van der Waals surface area contributed by atoms with Crippen molar-refractivity contribution in [1.29, 1.82) is 0 Å². The Labute approximate surface area is 319 Å². The first-order chi connectivity index (χ1) is 26.4. The van der Waals surface area contributed by atoms with Crippen LogP contribution in [0.25, 0.3) is 0 Å². The Bertz CT molecular complexity index is 1760. The number of benzene rings is 2. The van der Waals surface area contributed by atoms with Gasteiger partial charge in [0, 0.05) is 24.8 Å². The molecule has 8 rings (SSSR count). The van der Waals surface area contributed by atoms with E-state index >= 15 is 0 Å². The van der Waals surface area contributed by atoms with Crippen LogP contribution in [-0.2, 0) is 25.7 Å². The van der Waals surface area contributed by atoms with Crippen LogP contribution >= 0.6 is 0 Å². The number of fused-ring (bicyclic) bond motifs is 2. The van der Waals surface area contributed by atoms with Gasteiger partial charge in [0.25, 0.3) is 0 Å². The molecule has 2 fully saturated rings. The van der Waals surface area contributed by atoms with E-state index in [1.807, 2.05) is 0 Å². The zero-order valence-electron chi connectivity index (χ0n) is 31.4. The molecule has 54 heavy (non-hydrogen) atoms. The summed E-state index contributed by atoms with van der Waals surface area (Å²) in [6.07, 6.45) is 24.7. The van der Waals surface area contributed by atoms with Gasteiger partial charge in [-0.15, -0.1) is 0 Å². The zero-order chi connectivity index (χ0) is 37.3. The number of hydrogen-bond acceptors (Lipinski definition) is 6. The molecule has 8 heteroatoms. The standard InChI is InChI=1S/2C23H27NO3/c2*25-23(26)22-10-12-24-15-19(22)7-6-17-2-1-3-18-14-20(8-9-21(17)18)27-13-11-16-4-5-16/h2*8-10,12,14-17H,1-7,11,13H2,(H,25,26)/t2*17-/m10/s1. The van der Waals surface area contributed by atoms with Crippen LogP contribution in [0.2, 0.25) is 0 Å². The molecular formula is C46H54N2O6. The molecule has 4 aliphatic rings. The quantitative estimate of drug-likeness (QED) is 0.117. The van der Waals surface area contributed by atoms with Crippen molar-refractivity contribution in [2.75, 3.05) is 13.2 Å². The van der Waals surface area contributed by atoms with Crippen molar-refractivity contribution in [3.8, 4) is 11.5 Å². The van der Waals surface area contributed by atoms with Crippen molar-refractivity contribution in [2.45, 2.75) is 115 Å². The van der Waals surface area contributed by atoms with Gasteiger partial charge in [-0.2, -0.15) is 0 Å². The number of ether oxygens (including phenoxy) is 2. The van der Waals surface area contributed by atoms with Gasteiger partial charge in [0.2, 0.25) is 0 Å². The molecule has 0 saturated heterocycles. The normalized spacial score (nSPS) is 18.7. The van der Waals surface area contributed by atoms with Gasteiger partial charge in [-0.05, 0) is 171 Å². The van der Waals surface area contributed by atoms with E-state index < -0.39 is 11.9 Å². The Morgan fingerprint density at radius 1 is 0.593 bits per heavy atom. The Balaban J connectivity index is 0.000000167. The second kappa shape index (κ2) is 18.1. The molecule has 0 unspecified atom stereocenters. The Hall–Kier alpha value is -4.72. The third-order valence-corrected chi connectivity index (χ3v) is 11.9. The SMILES string of the molecule is O=C(O)c1ccncc1CC[C@@H]1CCCc2cc(OCCC3CC3)ccc21.O=C(O)c1ccncc1CC[C@H]1CCCc2cc(OCCC3CC3)ccc21. The van der Waals surface area contributed by atoms with Crippen LogP contribution in [0.1, 0.15) is 143 Å². The lowest BCUT2D eigenvalue weighted by Gasteiger charge is -2.26. The van der Waals surface area contributed by atoms with E-state index in [0.717, 1.165) is 99.0 Å². The van der Waals surface area contributed by atoms with Gasteiger partial charge in [0.1, 0.15) is 11.5 Å². The van der Waals surface area contributed by atoms with E-state index in [4.69, 9.17) is 9.47 Å². The molecule has 2 atom stereocenters. The fourth-order valence-corrected chi connectivity index (χ4v) is 8.39. The fraction of sp³-hybridized carbons (Fsp3) is 0.478. The van der Waals surface area contributed by atoms with Gasteiger partial charge in [0.05, 0.1) is 24.3 Å². The number of rotatable bonds is 16. The number of carboxylic acids is 2. The fourth-order valence-electron chi connectivity index (χ4n) is 8.39. The van der Waals surface area contributed by atoms with E-state index in [-0.39, 0.29) is 0 Å². The molecule has 0 radical (unpaired) electrons. The van der Waals surface area contributed by atoms with Crippen LogP contribution in [0.4, 0.5) is 0 Å². The lowest BCUT2D eigenvalue weighted by atomic mass is 9.79. The summed E-state index contributed by atoms with van der Waals surface area (Å²) in [5, 5.41) is 18.7. The van der Waals surface area contributed by atoms with Crippen molar-refractivity contribution in [3.05, 3.63) is 118 Å². The Morgan fingerprint density at radius 3 is 1.44 bits per heavy atom. The minimum atomic E-state index is -0.871. The van der Waals surface area contributed by atoms with Gasteiger partial charge in [-0.25, -0.2) is 9.59 Å². The maximum absolute atomic E-state index is 11.4. The zero-order valence-corrected chi connectivity index (χ0v) is 31.4. The summed E-state index contributed by atoms with van der Waals surface area (Å²) in [6.45, 7) is 1.65. The number of carboxylic acid groups (broad SMARTS) is 2. The Kier molecular flexibility index (Phi) is 12.6. The van der Waals surface area contributed by atoms with Crippen LogP contribution in [0, 0.1) is 11.8 Å².